The van der Waals surface area contributed by atoms with E-state index in [1.165, 1.54) is 30.5 Å². The minimum Gasteiger partial charge on any atom is -0.507 e. The molecule has 0 amide bonds. The van der Waals surface area contributed by atoms with Crippen molar-refractivity contribution in [2.45, 2.75) is 6.42 Å². The second-order valence-electron chi connectivity index (χ2n) is 7.28. The molecule has 2 aromatic carbocycles. The second kappa shape index (κ2) is 15.5. The smallest absolute Gasteiger partial charge is 0.314 e. The van der Waals surface area contributed by atoms with Crippen LogP contribution in [0.1, 0.15) is 22.5 Å². The van der Waals surface area contributed by atoms with Gasteiger partial charge in [-0.15, -0.1) is 4.91 Å². The maximum Gasteiger partial charge on any atom is 0.314 e. The number of ether oxygens (including phenoxy) is 2. The number of nitroso groups, excluding NO2 is 1. The highest BCUT2D eigenvalue weighted by Crippen LogP contribution is 2.32. The molecule has 0 aliphatic heterocycles. The molecule has 0 saturated carbocycles. The number of rotatable bonds is 9. The first kappa shape index (κ1) is 29.6. The average Bonchev–Trinajstić information content (AvgIpc) is 3.00. The van der Waals surface area contributed by atoms with Gasteiger partial charge in [-0.1, -0.05) is 12.1 Å². The Kier molecular flexibility index (Phi) is 11.8. The van der Waals surface area contributed by atoms with E-state index in [9.17, 15) is 19.6 Å². The molecule has 0 aliphatic carbocycles. The molecule has 1 N–H and O–H groups in total. The van der Waals surface area contributed by atoms with Gasteiger partial charge in [0.1, 0.15) is 42.2 Å². The molecule has 2 heterocycles. The van der Waals surface area contributed by atoms with Crippen LogP contribution in [0.15, 0.2) is 90.4 Å². The SMILES string of the molecule is C=O.C=O.O=Nc1cc(OC(=O)CCOc2ccc(C(=O)c3ccccn3)c(O)c2)ccc1-c1ccccn1. The molecule has 0 unspecified atom stereocenters. The van der Waals surface area contributed by atoms with E-state index in [0.717, 1.165) is 0 Å². The van der Waals surface area contributed by atoms with Crippen LogP contribution >= 0.6 is 0 Å². The highest BCUT2D eigenvalue weighted by molar-refractivity contribution is 6.09. The monoisotopic (exact) mass is 529 g/mol. The van der Waals surface area contributed by atoms with Crippen LogP contribution in [0.5, 0.6) is 17.2 Å². The van der Waals surface area contributed by atoms with Gasteiger partial charge in [-0.2, -0.15) is 0 Å². The number of hydrogen-bond acceptors (Lipinski definition) is 11. The van der Waals surface area contributed by atoms with Gasteiger partial charge < -0.3 is 24.2 Å². The van der Waals surface area contributed by atoms with Crippen LogP contribution in [0, 0.1) is 4.91 Å². The standard InChI is InChI=1S/C26H19N3O6.2CH2O/c30-24-16-17(7-10-20(24)26(32)22-6-2-4-13-28-22)34-14-11-25(31)35-18-8-9-19(23(15-18)29-33)21-5-1-3-12-27-21;2*1-2/h1-10,12-13,15-16,30H,11,14H2;2*1H2. The molecule has 0 aliphatic rings. The largest absolute Gasteiger partial charge is 0.507 e. The molecule has 0 atom stereocenters. The number of aromatic nitrogens is 2. The number of ketones is 1. The van der Waals surface area contributed by atoms with E-state index >= 15 is 0 Å². The van der Waals surface area contributed by atoms with Crippen LogP contribution in [-0.4, -0.2) is 47.0 Å². The van der Waals surface area contributed by atoms with Crippen molar-refractivity contribution in [1.82, 2.24) is 9.97 Å². The van der Waals surface area contributed by atoms with Gasteiger partial charge >= 0.3 is 5.97 Å². The first-order valence-corrected chi connectivity index (χ1v) is 11.1. The predicted octanol–water partition coefficient (Wildman–Crippen LogP) is 4.48. The Hall–Kier alpha value is -5.58. The van der Waals surface area contributed by atoms with Crippen molar-refractivity contribution in [2.75, 3.05) is 6.61 Å². The first-order valence-electron chi connectivity index (χ1n) is 11.1. The zero-order valence-corrected chi connectivity index (χ0v) is 20.6. The maximum atomic E-state index is 12.4. The fraction of sp³-hybridized carbons (Fsp3) is 0.0714. The fourth-order valence-corrected chi connectivity index (χ4v) is 3.25. The van der Waals surface area contributed by atoms with Crippen molar-refractivity contribution in [1.29, 1.82) is 0 Å². The van der Waals surface area contributed by atoms with Gasteiger partial charge in [0.2, 0.25) is 5.78 Å². The molecule has 0 fully saturated rings. The lowest BCUT2D eigenvalue weighted by Gasteiger charge is -2.10. The zero-order chi connectivity index (χ0) is 28.6. The van der Waals surface area contributed by atoms with Crippen LogP contribution in [0.3, 0.4) is 0 Å². The van der Waals surface area contributed by atoms with Gasteiger partial charge in [0, 0.05) is 30.1 Å². The number of nitrogens with zero attached hydrogens (tertiary/aromatic N) is 3. The molecular formula is C28H23N3O8. The van der Waals surface area contributed by atoms with Crippen molar-refractivity contribution >= 4 is 31.0 Å². The Morgan fingerprint density at radius 1 is 0.846 bits per heavy atom. The van der Waals surface area contributed by atoms with Gasteiger partial charge in [0.25, 0.3) is 0 Å². The van der Waals surface area contributed by atoms with Gasteiger partial charge in [0.05, 0.1) is 24.3 Å². The van der Waals surface area contributed by atoms with Gasteiger partial charge in [-0.3, -0.25) is 19.6 Å². The second-order valence-corrected chi connectivity index (χ2v) is 7.28. The lowest BCUT2D eigenvalue weighted by Crippen LogP contribution is -2.12. The van der Waals surface area contributed by atoms with E-state index in [1.807, 2.05) is 13.6 Å². The minimum atomic E-state index is -0.585. The average molecular weight is 530 g/mol. The van der Waals surface area contributed by atoms with Crippen LogP contribution in [0.25, 0.3) is 11.3 Å². The summed E-state index contributed by atoms with van der Waals surface area (Å²) in [6.45, 7) is 3.97. The molecule has 198 valence electrons. The number of pyridine rings is 2. The summed E-state index contributed by atoms with van der Waals surface area (Å²) in [5, 5.41) is 13.2. The van der Waals surface area contributed by atoms with E-state index in [0.29, 0.717) is 11.3 Å². The van der Waals surface area contributed by atoms with Crippen molar-refractivity contribution < 1.29 is 33.8 Å². The molecule has 2 aromatic heterocycles. The Morgan fingerprint density at radius 2 is 1.54 bits per heavy atom. The highest BCUT2D eigenvalue weighted by Gasteiger charge is 2.16. The van der Waals surface area contributed by atoms with Crippen LogP contribution in [0.2, 0.25) is 0 Å². The normalized spacial score (nSPS) is 9.54. The van der Waals surface area contributed by atoms with Crippen molar-refractivity contribution in [3.05, 3.63) is 101 Å². The quantitative estimate of drug-likeness (QED) is 0.141. The molecule has 0 bridgehead atoms. The topological polar surface area (TPSA) is 162 Å². The summed E-state index contributed by atoms with van der Waals surface area (Å²) < 4.78 is 10.8. The number of phenolic OH excluding ortho intramolecular Hbond substituents is 1. The third-order valence-electron chi connectivity index (χ3n) is 4.93. The molecule has 11 heteroatoms. The number of benzene rings is 2. The summed E-state index contributed by atoms with van der Waals surface area (Å²) in [4.78, 5) is 60.1. The fourth-order valence-electron chi connectivity index (χ4n) is 3.25. The Labute approximate surface area is 223 Å². The molecule has 4 rings (SSSR count). The minimum absolute atomic E-state index is 0.0311. The maximum absolute atomic E-state index is 12.4. The van der Waals surface area contributed by atoms with Crippen molar-refractivity contribution in [2.24, 2.45) is 5.18 Å². The first-order chi connectivity index (χ1) is 19.0. The molecule has 4 aromatic rings. The summed E-state index contributed by atoms with van der Waals surface area (Å²) in [7, 11) is 0. The zero-order valence-electron chi connectivity index (χ0n) is 20.6. The molecule has 39 heavy (non-hydrogen) atoms. The number of aromatic hydroxyl groups is 1. The molecule has 0 spiro atoms. The van der Waals surface area contributed by atoms with E-state index in [1.54, 1.807) is 54.7 Å². The van der Waals surface area contributed by atoms with E-state index in [2.05, 4.69) is 15.1 Å². The lowest BCUT2D eigenvalue weighted by molar-refractivity contribution is -0.134. The third kappa shape index (κ3) is 8.22. The number of phenols is 1. The van der Waals surface area contributed by atoms with Crippen LogP contribution in [-0.2, 0) is 14.4 Å². The van der Waals surface area contributed by atoms with E-state index < -0.39 is 11.8 Å². The van der Waals surface area contributed by atoms with Crippen molar-refractivity contribution in [3.63, 3.8) is 0 Å². The Bertz CT molecular complexity index is 1400. The van der Waals surface area contributed by atoms with Gasteiger partial charge in [0.15, 0.2) is 0 Å². The predicted molar refractivity (Wildman–Crippen MR) is 141 cm³/mol. The number of esters is 1. The van der Waals surface area contributed by atoms with Crippen LogP contribution in [0.4, 0.5) is 5.69 Å². The van der Waals surface area contributed by atoms with E-state index in [4.69, 9.17) is 19.1 Å². The summed E-state index contributed by atoms with van der Waals surface area (Å²) in [5.41, 5.74) is 1.49. The molecular weight excluding hydrogens is 506 g/mol. The Balaban J connectivity index is 0.00000127. The highest BCUT2D eigenvalue weighted by atomic mass is 16.5. The van der Waals surface area contributed by atoms with Crippen LogP contribution < -0.4 is 9.47 Å². The summed E-state index contributed by atoms with van der Waals surface area (Å²) in [6.07, 6.45) is 3.00. The van der Waals surface area contributed by atoms with Crippen molar-refractivity contribution in [3.8, 4) is 28.5 Å². The Morgan fingerprint density at radius 3 is 2.15 bits per heavy atom. The van der Waals surface area contributed by atoms with E-state index in [-0.39, 0.29) is 47.2 Å². The molecule has 0 saturated heterocycles. The van der Waals surface area contributed by atoms with Gasteiger partial charge in [-0.25, -0.2) is 0 Å². The molecule has 0 radical (unpaired) electrons. The summed E-state index contributed by atoms with van der Waals surface area (Å²) in [5.74, 6) is -0.822. The third-order valence-corrected chi connectivity index (χ3v) is 4.93. The van der Waals surface area contributed by atoms with Gasteiger partial charge in [-0.05, 0) is 53.7 Å². The number of carbonyl (C=O) groups is 4. The summed E-state index contributed by atoms with van der Waals surface area (Å²) >= 11 is 0. The molecule has 11 nitrogen and oxygen atoms in total. The summed E-state index contributed by atoms with van der Waals surface area (Å²) in [6, 6.07) is 19.0. The number of hydrogen-bond donors (Lipinski definition) is 1. The lowest BCUT2D eigenvalue weighted by atomic mass is 10.1. The number of carbonyl (C=O) groups excluding carboxylic acids is 4.